The molecule has 698 valence electrons. The van der Waals surface area contributed by atoms with E-state index in [1.807, 2.05) is 164 Å². The molecule has 0 radical (unpaired) electrons. The number of nitrogens with one attached hydrogen (secondary N) is 2. The first kappa shape index (κ1) is 101. The van der Waals surface area contributed by atoms with Crippen molar-refractivity contribution >= 4 is 136 Å². The molecule has 0 spiro atoms. The highest BCUT2D eigenvalue weighted by Gasteiger charge is 2.24. The van der Waals surface area contributed by atoms with Crippen molar-refractivity contribution < 1.29 is 45.2 Å². The van der Waals surface area contributed by atoms with Crippen molar-refractivity contribution in [2.75, 3.05) is 62.8 Å². The topological polar surface area (TPSA) is 551 Å². The van der Waals surface area contributed by atoms with Crippen molar-refractivity contribution in [2.45, 2.75) is 113 Å². The number of nitro groups is 2. The van der Waals surface area contributed by atoms with Crippen LogP contribution in [0, 0.1) is 34.1 Å². The largest absolute Gasteiger partial charge is 0.507 e. The number of aromatic nitrogens is 14. The van der Waals surface area contributed by atoms with Gasteiger partial charge in [-0.15, -0.1) is 0 Å². The lowest BCUT2D eigenvalue weighted by Gasteiger charge is -2.14. The number of aromatic hydroxyl groups is 1. The zero-order valence-electron chi connectivity index (χ0n) is 76.2. The summed E-state index contributed by atoms with van der Waals surface area (Å²) in [5.74, 6) is 4.41. The number of benzene rings is 10. The molecular formula is C98H108IN25O11. The van der Waals surface area contributed by atoms with Crippen molar-refractivity contribution in [3.8, 4) is 34.4 Å². The first-order valence-corrected chi connectivity index (χ1v) is 42.9. The number of aryl methyl sites for hydroxylation is 2. The van der Waals surface area contributed by atoms with E-state index >= 15 is 0 Å². The van der Waals surface area contributed by atoms with E-state index in [9.17, 15) is 30.1 Å². The van der Waals surface area contributed by atoms with Gasteiger partial charge >= 0.3 is 6.03 Å². The number of alkyl halides is 1. The highest BCUT2D eigenvalue weighted by molar-refractivity contribution is 14.1. The fourth-order valence-corrected chi connectivity index (χ4v) is 12.7. The van der Waals surface area contributed by atoms with Crippen molar-refractivity contribution in [2.24, 2.45) is 0 Å². The van der Waals surface area contributed by atoms with Crippen LogP contribution in [-0.4, -0.2) is 108 Å². The lowest BCUT2D eigenvalue weighted by Crippen LogP contribution is -2.21. The SMILES string of the molecule is C.COC(C)c1ccnc(N)n1.Cc1ccc(-n2nc(C(C)(C)C)cc2N)cc1.Cc1ccc(-n2nc(C(C)(C)C)cc2NC(=O)Nc2ccc(OCc3ccnc(N)n3)c3ccccc23)cc1.Nc1nccc(CO)n1.Nc1nccc(COc2ccc(N)c3ccccc23)n1.Nc1nccc(COc2ccc([N+](=O)[O-])c3ccccc23)n1.O=[N+]([O-])c1ccc(O)c2ccccc12.[2H]CI. The Morgan fingerprint density at radius 1 is 0.467 bits per heavy atom. The number of aliphatic hydroxyl groups is 1. The minimum Gasteiger partial charge on any atom is -0.507 e. The fourth-order valence-electron chi connectivity index (χ4n) is 12.7. The van der Waals surface area contributed by atoms with Gasteiger partial charge in [0.05, 0.1) is 90.2 Å². The standard InChI is InChI=1S/C30H31N7O2.C15H12N4O3.C15H14N4O.C14H19N3.C10H7NO3.C7H11N3O.C5H7N3O.CH3I.CH4/c1-19-9-11-21(12-10-19)37-27(17-26(36-37)30(2,3)4)35-29(38)34-24-13-14-25(23-8-6-5-7-22(23)24)39-18-20-15-16-32-28(31)33-20;16-15-17-8-7-10(18-15)9-22-14-6-5-13(19(20)21)11-3-1-2-4-12(11)14;16-13-5-6-14(12-4-2-1-3-11(12)13)20-9-10-7-8-18-15(17)19-10;1-10-5-7-11(8-6-10)17-13(15)9-12(16-17)14(2,3)4;12-10-6-5-9(11(13)14)7-3-1-2-4-8(7)10;1-5(11-2)6-3-4-9-7(8)10-6;6-5-7-2-1-4(3-9)8-5;1-2;/h5-17H,18H2,1-4H3,(H2,31,32,33)(H2,34,35,38);1-8H,9H2,(H2,16,17,18);1-8H,9,16H2,(H2,17,18,19);5-9H,15H2,1-4H3;1-6,12H;3-5H,1-2H3,(H2,8,9,10);1-2,9H,3H2,(H2,6,7,8);1H3;1H4/i;;;;;;;1D;. The Bertz CT molecular complexity index is 6870. The maximum absolute atomic E-state index is 13.2. The van der Waals surface area contributed by atoms with E-state index in [-0.39, 0.29) is 97.1 Å². The molecule has 2 amide bonds. The Morgan fingerprint density at radius 3 is 1.26 bits per heavy atom. The molecule has 0 saturated heterocycles. The van der Waals surface area contributed by atoms with Crippen LogP contribution in [0.2, 0.25) is 0 Å². The normalized spacial score (nSPS) is 10.9. The summed E-state index contributed by atoms with van der Waals surface area (Å²) in [7, 11) is 1.63. The number of carbonyl (C=O) groups excluding carboxylic acids is 1. The molecule has 135 heavy (non-hydrogen) atoms. The number of hydrogen-bond acceptors (Lipinski definition) is 30. The second kappa shape index (κ2) is 48.5. The van der Waals surface area contributed by atoms with Crippen LogP contribution >= 0.6 is 22.6 Å². The molecular weight excluding hydrogens is 1830 g/mol. The summed E-state index contributed by atoms with van der Waals surface area (Å²) in [5, 5.41) is 60.9. The molecule has 10 aromatic carbocycles. The number of nitrogen functional groups attached to an aromatic ring is 7. The number of rotatable bonds is 18. The quantitative estimate of drug-likeness (QED) is 0.0125. The number of carbonyl (C=O) groups is 1. The van der Waals surface area contributed by atoms with E-state index in [2.05, 4.69) is 126 Å². The summed E-state index contributed by atoms with van der Waals surface area (Å²) in [4.78, 5) is 73.6. The number of methoxy groups -OCH3 is 1. The van der Waals surface area contributed by atoms with Gasteiger partial charge in [-0.05, 0) is 129 Å². The van der Waals surface area contributed by atoms with E-state index in [4.69, 9.17) is 70.7 Å². The van der Waals surface area contributed by atoms with Crippen LogP contribution in [0.5, 0.6) is 23.0 Å². The number of nitrogens with zero attached hydrogens (tertiary/aromatic N) is 16. The van der Waals surface area contributed by atoms with Gasteiger partial charge in [0.25, 0.3) is 11.4 Å². The third-order valence-corrected chi connectivity index (χ3v) is 19.6. The third kappa shape index (κ3) is 29.0. The van der Waals surface area contributed by atoms with Gasteiger partial charge in [0.1, 0.15) is 54.5 Å². The summed E-state index contributed by atoms with van der Waals surface area (Å²) >= 11 is 1.96. The molecule has 1 atom stereocenters. The summed E-state index contributed by atoms with van der Waals surface area (Å²) < 4.78 is 32.4. The molecule has 0 saturated carbocycles. The Hall–Kier alpha value is -16.4. The second-order valence-electron chi connectivity index (χ2n) is 31.5. The minimum atomic E-state index is -0.457. The first-order chi connectivity index (χ1) is 64.6. The Kier molecular flexibility index (Phi) is 36.2. The highest BCUT2D eigenvalue weighted by atomic mass is 127. The molecule has 0 aliphatic heterocycles. The molecule has 17 aromatic rings. The lowest BCUT2D eigenvalue weighted by atomic mass is 9.92. The van der Waals surface area contributed by atoms with E-state index < -0.39 is 9.85 Å². The maximum atomic E-state index is 13.2. The van der Waals surface area contributed by atoms with E-state index in [0.29, 0.717) is 79.0 Å². The number of hydrogen-bond donors (Lipinski definition) is 11. The molecule has 7 aromatic heterocycles. The zero-order valence-corrected chi connectivity index (χ0v) is 77.3. The van der Waals surface area contributed by atoms with Gasteiger partial charge in [-0.1, -0.05) is 192 Å². The summed E-state index contributed by atoms with van der Waals surface area (Å²) in [6, 6.07) is 70.7. The van der Waals surface area contributed by atoms with E-state index in [1.165, 1.54) is 30.0 Å². The van der Waals surface area contributed by atoms with Gasteiger partial charge in [-0.25, -0.2) is 64.0 Å². The minimum absolute atomic E-state index is 0. The third-order valence-electron chi connectivity index (χ3n) is 19.6. The molecule has 37 heteroatoms. The number of non-ortho nitro benzene ring substituents is 2. The number of fused-ring (bicyclic) bond motifs is 4. The summed E-state index contributed by atoms with van der Waals surface area (Å²) in [6.07, 6.45) is 7.86. The van der Waals surface area contributed by atoms with Gasteiger partial charge < -0.3 is 74.6 Å². The number of phenols is 1. The first-order valence-electron chi connectivity index (χ1n) is 42.1. The van der Waals surface area contributed by atoms with Gasteiger partial charge in [0, 0.05) is 113 Å². The Labute approximate surface area is 794 Å². The zero-order chi connectivity index (χ0) is 97.5. The number of phenolic OH excluding ortho intramolecular Hbond substituents is 1. The van der Waals surface area contributed by atoms with Gasteiger partial charge in [0.2, 0.25) is 29.7 Å². The number of nitrogens with two attached hydrogens (primary N) is 7. The smallest absolute Gasteiger partial charge is 0.324 e. The molecule has 0 bridgehead atoms. The highest BCUT2D eigenvalue weighted by Crippen LogP contribution is 2.38. The number of anilines is 9. The molecule has 17 rings (SSSR count). The van der Waals surface area contributed by atoms with Gasteiger partial charge in [0.15, 0.2) is 0 Å². The monoisotopic (exact) mass is 1940 g/mol. The average molecular weight is 1940 g/mol. The lowest BCUT2D eigenvalue weighted by molar-refractivity contribution is -0.383. The van der Waals surface area contributed by atoms with Crippen molar-refractivity contribution in [3.63, 3.8) is 0 Å². The number of amides is 2. The van der Waals surface area contributed by atoms with E-state index in [1.54, 1.807) is 120 Å². The van der Waals surface area contributed by atoms with Crippen LogP contribution in [0.15, 0.2) is 268 Å². The van der Waals surface area contributed by atoms with Crippen molar-refractivity contribution in [3.05, 3.63) is 339 Å². The van der Waals surface area contributed by atoms with Gasteiger partial charge in [-0.3, -0.25) is 25.5 Å². The predicted octanol–water partition coefficient (Wildman–Crippen LogP) is 18.8. The number of nitro benzene ring substituents is 2. The molecule has 0 fully saturated rings. The van der Waals surface area contributed by atoms with Crippen LogP contribution in [0.1, 0.15) is 114 Å². The van der Waals surface area contributed by atoms with Gasteiger partial charge in [-0.2, -0.15) is 10.2 Å². The predicted molar refractivity (Wildman–Crippen MR) is 539 cm³/mol. The van der Waals surface area contributed by atoms with E-state index in [0.717, 1.165) is 72.7 Å². The number of aliphatic hydroxyl groups excluding tert-OH is 1. The fraction of sp³-hybridized carbons (Fsp3) is 0.194. The molecule has 18 N–H and O–H groups in total. The van der Waals surface area contributed by atoms with Crippen LogP contribution in [0.4, 0.5) is 68.9 Å². The van der Waals surface area contributed by atoms with Crippen molar-refractivity contribution in [1.29, 1.82) is 0 Å². The second-order valence-corrected chi connectivity index (χ2v) is 31.5. The molecule has 0 aliphatic rings. The number of ether oxygens (including phenoxy) is 4. The molecule has 0 aliphatic carbocycles. The molecule has 1 unspecified atom stereocenters. The van der Waals surface area contributed by atoms with Crippen LogP contribution in [0.25, 0.3) is 54.5 Å². The average Bonchev–Trinajstić information content (AvgIpc) is 1.30. The van der Waals surface area contributed by atoms with Crippen molar-refractivity contribution in [1.82, 2.24) is 69.4 Å². The number of halogens is 1. The Balaban J connectivity index is 0.000000186. The number of urea groups is 1. The summed E-state index contributed by atoms with van der Waals surface area (Å²) in [5.41, 5.74) is 50.1. The van der Waals surface area contributed by atoms with Crippen LogP contribution in [0.3, 0.4) is 0 Å². The maximum Gasteiger partial charge on any atom is 0.324 e. The van der Waals surface area contributed by atoms with Crippen LogP contribution < -0.4 is 65.0 Å². The summed E-state index contributed by atoms with van der Waals surface area (Å²) in [6.45, 7) is 19.4. The Morgan fingerprint density at radius 2 is 0.830 bits per heavy atom. The molecule has 7 heterocycles. The molecule has 36 nitrogen and oxygen atoms in total. The van der Waals surface area contributed by atoms with Crippen LogP contribution in [-0.2, 0) is 42.0 Å².